The van der Waals surface area contributed by atoms with Crippen LogP contribution in [0.4, 0.5) is 0 Å². The minimum atomic E-state index is 0.494. The lowest BCUT2D eigenvalue weighted by Crippen LogP contribution is -2.21. The van der Waals surface area contributed by atoms with Crippen LogP contribution in [0.15, 0.2) is 12.4 Å². The van der Waals surface area contributed by atoms with Crippen molar-refractivity contribution in [2.75, 3.05) is 0 Å². The van der Waals surface area contributed by atoms with E-state index >= 15 is 0 Å². The van der Waals surface area contributed by atoms with Crippen LogP contribution in [0.25, 0.3) is 10.8 Å². The van der Waals surface area contributed by atoms with Crippen molar-refractivity contribution in [1.29, 1.82) is 0 Å². The Labute approximate surface area is 112 Å². The van der Waals surface area contributed by atoms with Crippen LogP contribution in [0.2, 0.25) is 0 Å². The fourth-order valence-electron chi connectivity index (χ4n) is 1.76. The maximum Gasteiger partial charge on any atom is 0.168 e. The lowest BCUT2D eigenvalue weighted by molar-refractivity contribution is 0.590. The Morgan fingerprint density at radius 2 is 2.22 bits per heavy atom. The molecular weight excluding hydrogens is 244 g/mol. The number of rotatable bonds is 5. The first kappa shape index (κ1) is 13.2. The molecule has 0 bridgehead atoms. The van der Waals surface area contributed by atoms with Crippen molar-refractivity contribution in [2.45, 2.75) is 39.8 Å². The third kappa shape index (κ3) is 2.79. The first-order chi connectivity index (χ1) is 8.61. The number of nitrogens with zero attached hydrogens (tertiary/aromatic N) is 3. The SMILES string of the molecule is CCc1nc(-c2nccn2C)sc1CNC(C)C. The first-order valence-electron chi connectivity index (χ1n) is 6.31. The molecule has 0 fully saturated rings. The van der Waals surface area contributed by atoms with Gasteiger partial charge in [-0.2, -0.15) is 0 Å². The fraction of sp³-hybridized carbons (Fsp3) is 0.538. The topological polar surface area (TPSA) is 42.7 Å². The Balaban J connectivity index is 2.26. The molecule has 0 aliphatic carbocycles. The van der Waals surface area contributed by atoms with E-state index in [0.717, 1.165) is 23.8 Å². The molecule has 0 unspecified atom stereocenters. The summed E-state index contributed by atoms with van der Waals surface area (Å²) in [5, 5.41) is 4.47. The molecular formula is C13H20N4S. The van der Waals surface area contributed by atoms with Gasteiger partial charge < -0.3 is 9.88 Å². The van der Waals surface area contributed by atoms with Gasteiger partial charge in [0.05, 0.1) is 5.69 Å². The van der Waals surface area contributed by atoms with Crippen molar-refractivity contribution in [3.8, 4) is 10.8 Å². The number of hydrogen-bond acceptors (Lipinski definition) is 4. The predicted octanol–water partition coefficient (Wildman–Crippen LogP) is 2.60. The van der Waals surface area contributed by atoms with Gasteiger partial charge in [-0.05, 0) is 6.42 Å². The van der Waals surface area contributed by atoms with Crippen LogP contribution in [0.3, 0.4) is 0 Å². The Hall–Kier alpha value is -1.20. The molecule has 0 aliphatic rings. The minimum absolute atomic E-state index is 0.494. The summed E-state index contributed by atoms with van der Waals surface area (Å²) in [5.74, 6) is 0.950. The zero-order valence-corrected chi connectivity index (χ0v) is 12.2. The van der Waals surface area contributed by atoms with Crippen LogP contribution in [0, 0.1) is 0 Å². The number of imidazole rings is 1. The molecule has 0 radical (unpaired) electrons. The molecule has 2 heterocycles. The van der Waals surface area contributed by atoms with E-state index in [2.05, 4.69) is 31.1 Å². The Bertz CT molecular complexity index is 513. The van der Waals surface area contributed by atoms with Crippen molar-refractivity contribution in [1.82, 2.24) is 19.9 Å². The molecule has 98 valence electrons. The highest BCUT2D eigenvalue weighted by atomic mass is 32.1. The molecule has 1 N–H and O–H groups in total. The van der Waals surface area contributed by atoms with Crippen molar-refractivity contribution >= 4 is 11.3 Å². The van der Waals surface area contributed by atoms with Crippen LogP contribution in [-0.2, 0) is 20.0 Å². The molecule has 0 saturated heterocycles. The van der Waals surface area contributed by atoms with Gasteiger partial charge in [-0.15, -0.1) is 11.3 Å². The Morgan fingerprint density at radius 3 is 2.78 bits per heavy atom. The maximum absolute atomic E-state index is 4.71. The second kappa shape index (κ2) is 5.63. The smallest absolute Gasteiger partial charge is 0.168 e. The maximum atomic E-state index is 4.71. The Morgan fingerprint density at radius 1 is 1.44 bits per heavy atom. The summed E-state index contributed by atoms with van der Waals surface area (Å²) in [4.78, 5) is 10.4. The van der Waals surface area contributed by atoms with E-state index in [1.807, 2.05) is 24.0 Å². The Kier molecular flexibility index (Phi) is 4.14. The number of aryl methyl sites for hydroxylation is 2. The summed E-state index contributed by atoms with van der Waals surface area (Å²) in [6, 6.07) is 0.494. The molecule has 4 nitrogen and oxygen atoms in total. The largest absolute Gasteiger partial charge is 0.332 e. The molecule has 2 rings (SSSR count). The van der Waals surface area contributed by atoms with E-state index in [9.17, 15) is 0 Å². The first-order valence-corrected chi connectivity index (χ1v) is 7.13. The molecule has 0 aliphatic heterocycles. The van der Waals surface area contributed by atoms with Crippen molar-refractivity contribution in [2.24, 2.45) is 7.05 Å². The van der Waals surface area contributed by atoms with Gasteiger partial charge in [0.1, 0.15) is 0 Å². The van der Waals surface area contributed by atoms with Gasteiger partial charge in [0.25, 0.3) is 0 Å². The van der Waals surface area contributed by atoms with Gasteiger partial charge in [0.2, 0.25) is 0 Å². The van der Waals surface area contributed by atoms with Gasteiger partial charge >= 0.3 is 0 Å². The molecule has 0 saturated carbocycles. The third-order valence-electron chi connectivity index (χ3n) is 2.80. The summed E-state index contributed by atoms with van der Waals surface area (Å²) >= 11 is 1.74. The normalized spacial score (nSPS) is 11.4. The van der Waals surface area contributed by atoms with Crippen molar-refractivity contribution in [3.05, 3.63) is 23.0 Å². The second-order valence-electron chi connectivity index (χ2n) is 4.64. The zero-order chi connectivity index (χ0) is 13.1. The number of aromatic nitrogens is 3. The molecule has 0 aromatic carbocycles. The summed E-state index contributed by atoms with van der Waals surface area (Å²) in [5.41, 5.74) is 1.19. The molecule has 2 aromatic heterocycles. The van der Waals surface area contributed by atoms with Crippen molar-refractivity contribution < 1.29 is 0 Å². The molecule has 0 atom stereocenters. The average molecular weight is 264 g/mol. The predicted molar refractivity (Wildman–Crippen MR) is 75.7 cm³/mol. The second-order valence-corrected chi connectivity index (χ2v) is 5.72. The van der Waals surface area contributed by atoms with Crippen LogP contribution < -0.4 is 5.32 Å². The van der Waals surface area contributed by atoms with Crippen LogP contribution in [-0.4, -0.2) is 20.6 Å². The van der Waals surface area contributed by atoms with E-state index in [4.69, 9.17) is 4.98 Å². The third-order valence-corrected chi connectivity index (χ3v) is 3.89. The average Bonchev–Trinajstić information content (AvgIpc) is 2.91. The van der Waals surface area contributed by atoms with Gasteiger partial charge in [-0.3, -0.25) is 0 Å². The van der Waals surface area contributed by atoms with Gasteiger partial charge in [-0.1, -0.05) is 20.8 Å². The number of hydrogen-bond donors (Lipinski definition) is 1. The summed E-state index contributed by atoms with van der Waals surface area (Å²) in [7, 11) is 2.00. The quantitative estimate of drug-likeness (QED) is 0.902. The molecule has 18 heavy (non-hydrogen) atoms. The highest BCUT2D eigenvalue weighted by molar-refractivity contribution is 7.15. The van der Waals surface area contributed by atoms with Gasteiger partial charge in [-0.25, -0.2) is 9.97 Å². The fourth-order valence-corrected chi connectivity index (χ4v) is 2.90. The summed E-state index contributed by atoms with van der Waals surface area (Å²) in [6.07, 6.45) is 4.73. The monoisotopic (exact) mass is 264 g/mol. The summed E-state index contributed by atoms with van der Waals surface area (Å²) < 4.78 is 2.01. The van der Waals surface area contributed by atoms with E-state index in [1.54, 1.807) is 11.3 Å². The van der Waals surface area contributed by atoms with E-state index < -0.39 is 0 Å². The van der Waals surface area contributed by atoms with Crippen LogP contribution >= 0.6 is 11.3 Å². The highest BCUT2D eigenvalue weighted by Gasteiger charge is 2.14. The van der Waals surface area contributed by atoms with Crippen molar-refractivity contribution in [3.63, 3.8) is 0 Å². The van der Waals surface area contributed by atoms with Crippen LogP contribution in [0.1, 0.15) is 31.3 Å². The van der Waals surface area contributed by atoms with E-state index in [0.29, 0.717) is 6.04 Å². The lowest BCUT2D eigenvalue weighted by Gasteiger charge is -2.06. The summed E-state index contributed by atoms with van der Waals surface area (Å²) in [6.45, 7) is 7.36. The molecule has 5 heteroatoms. The van der Waals surface area contributed by atoms with Gasteiger partial charge in [0, 0.05) is 36.9 Å². The molecule has 2 aromatic rings. The minimum Gasteiger partial charge on any atom is -0.332 e. The van der Waals surface area contributed by atoms with Gasteiger partial charge in [0.15, 0.2) is 10.8 Å². The van der Waals surface area contributed by atoms with E-state index in [-0.39, 0.29) is 0 Å². The van der Waals surface area contributed by atoms with E-state index in [1.165, 1.54) is 10.6 Å². The number of nitrogens with one attached hydrogen (secondary N) is 1. The number of thiazole rings is 1. The highest BCUT2D eigenvalue weighted by Crippen LogP contribution is 2.27. The molecule has 0 amide bonds. The zero-order valence-electron chi connectivity index (χ0n) is 11.4. The molecule has 0 spiro atoms. The van der Waals surface area contributed by atoms with Crippen LogP contribution in [0.5, 0.6) is 0 Å². The standard InChI is InChI=1S/C13H20N4S/c1-5-10-11(8-15-9(2)3)18-13(16-10)12-14-6-7-17(12)4/h6-7,9,15H,5,8H2,1-4H3. The lowest BCUT2D eigenvalue weighted by atomic mass is 10.3.